The molecule has 0 unspecified atom stereocenters. The van der Waals surface area contributed by atoms with Gasteiger partial charge in [-0.2, -0.15) is 13.2 Å². The molecule has 13 nitrogen and oxygen atoms in total. The summed E-state index contributed by atoms with van der Waals surface area (Å²) in [5.74, 6) is 1.05. The number of aromatic nitrogens is 5. The Labute approximate surface area is 362 Å². The van der Waals surface area contributed by atoms with E-state index in [0.717, 1.165) is 58.8 Å². The molecule has 16 heteroatoms. The van der Waals surface area contributed by atoms with Crippen molar-refractivity contribution in [3.05, 3.63) is 147 Å². The zero-order chi connectivity index (χ0) is 43.8. The van der Waals surface area contributed by atoms with Crippen molar-refractivity contribution in [2.45, 2.75) is 63.4 Å². The molecule has 3 aliphatic heterocycles. The lowest BCUT2D eigenvalue weighted by molar-refractivity contribution is -0.136. The van der Waals surface area contributed by atoms with Crippen LogP contribution in [-0.4, -0.2) is 97.8 Å². The predicted octanol–water partition coefficient (Wildman–Crippen LogP) is 6.21. The van der Waals surface area contributed by atoms with E-state index in [1.165, 1.54) is 22.5 Å². The van der Waals surface area contributed by atoms with Gasteiger partial charge in [-0.1, -0.05) is 24.3 Å². The average molecular weight is 862 g/mol. The number of fused-ring (bicyclic) bond motifs is 2. The second-order valence-corrected chi connectivity index (χ2v) is 17.0. The molecular weight excluding hydrogens is 812 g/mol. The Hall–Kier alpha value is -6.26. The number of benzene rings is 3. The molecule has 9 rings (SSSR count). The summed E-state index contributed by atoms with van der Waals surface area (Å²) < 4.78 is 53.8. The highest BCUT2D eigenvalue weighted by molar-refractivity contribution is 5.98. The number of ether oxygens (including phenoxy) is 1. The van der Waals surface area contributed by atoms with Gasteiger partial charge in [0.1, 0.15) is 12.2 Å². The molecule has 3 aromatic carbocycles. The van der Waals surface area contributed by atoms with Gasteiger partial charge in [0.15, 0.2) is 0 Å². The number of likely N-dealkylation sites (N-methyl/N-ethyl adjacent to an activating group) is 1. The molecular formula is C47H50F3N9O4. The van der Waals surface area contributed by atoms with Gasteiger partial charge < -0.3 is 24.4 Å². The zero-order valence-corrected chi connectivity index (χ0v) is 35.4. The number of alkyl halides is 3. The van der Waals surface area contributed by atoms with E-state index < -0.39 is 17.4 Å². The molecule has 0 radical (unpaired) electrons. The quantitative estimate of drug-likeness (QED) is 0.154. The van der Waals surface area contributed by atoms with Gasteiger partial charge >= 0.3 is 11.9 Å². The fourth-order valence-electron chi connectivity index (χ4n) is 9.16. The molecule has 0 bridgehead atoms. The van der Waals surface area contributed by atoms with Crippen LogP contribution in [0.5, 0.6) is 0 Å². The Bertz CT molecular complexity index is 2690. The van der Waals surface area contributed by atoms with Crippen molar-refractivity contribution in [2.24, 2.45) is 7.05 Å². The van der Waals surface area contributed by atoms with Crippen LogP contribution in [0.1, 0.15) is 86.0 Å². The number of carbonyl (C=O) groups excluding carboxylic acids is 2. The van der Waals surface area contributed by atoms with Crippen LogP contribution in [0.15, 0.2) is 96.3 Å². The number of amides is 2. The smallest absolute Gasteiger partial charge is 0.376 e. The molecule has 2 fully saturated rings. The molecule has 0 aliphatic carbocycles. The van der Waals surface area contributed by atoms with E-state index in [2.05, 4.69) is 43.5 Å². The van der Waals surface area contributed by atoms with Crippen molar-refractivity contribution in [1.82, 2.24) is 38.8 Å². The molecule has 2 amide bonds. The molecule has 1 N–H and O–H groups in total. The Morgan fingerprint density at radius 2 is 1.68 bits per heavy atom. The maximum Gasteiger partial charge on any atom is 0.418 e. The van der Waals surface area contributed by atoms with Crippen molar-refractivity contribution in [1.29, 1.82) is 0 Å². The first-order chi connectivity index (χ1) is 30.4. The Balaban J connectivity index is 0.749. The SMILES string of the molecule is CN(CCOC1CCN(Cc2cc(C(F)(F)F)c3cn(-c4cccc(Cc5nncn5C)c4)c(=O)n3c2)CC1)C(=O)c1ccc(C2CCN(c3ccc4c(c3)CNC4=O)CC2)cc1. The van der Waals surface area contributed by atoms with Crippen molar-refractivity contribution >= 4 is 23.0 Å². The number of nitrogens with one attached hydrogen (secondary N) is 1. The number of imidazole rings is 1. The van der Waals surface area contributed by atoms with E-state index >= 15 is 0 Å². The Morgan fingerprint density at radius 3 is 2.41 bits per heavy atom. The third kappa shape index (κ3) is 9.00. The van der Waals surface area contributed by atoms with E-state index in [9.17, 15) is 27.6 Å². The number of hydrogen-bond acceptors (Lipinski definition) is 8. The van der Waals surface area contributed by atoms with E-state index in [0.29, 0.717) is 80.6 Å². The number of carbonyl (C=O) groups is 2. The van der Waals surface area contributed by atoms with Crippen LogP contribution >= 0.6 is 0 Å². The van der Waals surface area contributed by atoms with Gasteiger partial charge in [0.25, 0.3) is 11.8 Å². The number of pyridine rings is 1. The molecule has 0 saturated carbocycles. The van der Waals surface area contributed by atoms with Crippen LogP contribution < -0.4 is 15.9 Å². The Morgan fingerprint density at radius 1 is 0.905 bits per heavy atom. The van der Waals surface area contributed by atoms with Gasteiger partial charge in [0.05, 0.1) is 29.5 Å². The van der Waals surface area contributed by atoms with Crippen LogP contribution in [0.25, 0.3) is 11.2 Å². The third-order valence-electron chi connectivity index (χ3n) is 12.8. The van der Waals surface area contributed by atoms with Crippen molar-refractivity contribution < 1.29 is 27.5 Å². The number of likely N-dealkylation sites (tertiary alicyclic amines) is 1. The summed E-state index contributed by atoms with van der Waals surface area (Å²) in [5.41, 5.74) is 4.87. The fraction of sp³-hybridized carbons (Fsp3) is 0.383. The molecule has 3 aliphatic rings. The molecule has 2 saturated heterocycles. The van der Waals surface area contributed by atoms with Crippen molar-refractivity contribution in [2.75, 3.05) is 51.3 Å². The van der Waals surface area contributed by atoms with Crippen LogP contribution in [0.4, 0.5) is 18.9 Å². The first-order valence-electron chi connectivity index (χ1n) is 21.5. The van der Waals surface area contributed by atoms with Crippen LogP contribution in [0, 0.1) is 0 Å². The second kappa shape index (κ2) is 17.5. The van der Waals surface area contributed by atoms with Gasteiger partial charge in [-0.25, -0.2) is 4.79 Å². The lowest BCUT2D eigenvalue weighted by atomic mass is 9.88. The highest BCUT2D eigenvalue weighted by Gasteiger charge is 2.35. The highest BCUT2D eigenvalue weighted by Crippen LogP contribution is 2.35. The van der Waals surface area contributed by atoms with Crippen molar-refractivity contribution in [3.8, 4) is 5.69 Å². The minimum Gasteiger partial charge on any atom is -0.376 e. The second-order valence-electron chi connectivity index (χ2n) is 17.0. The molecule has 0 spiro atoms. The molecule has 0 atom stereocenters. The van der Waals surface area contributed by atoms with E-state index in [4.69, 9.17) is 4.74 Å². The zero-order valence-electron chi connectivity index (χ0n) is 35.4. The van der Waals surface area contributed by atoms with Gasteiger partial charge in [0, 0.05) is 95.5 Å². The van der Waals surface area contributed by atoms with Gasteiger partial charge in [0.2, 0.25) is 0 Å². The van der Waals surface area contributed by atoms with Crippen LogP contribution in [-0.2, 0) is 37.5 Å². The van der Waals surface area contributed by atoms with E-state index in [1.54, 1.807) is 41.0 Å². The minimum absolute atomic E-state index is 0.00444. The summed E-state index contributed by atoms with van der Waals surface area (Å²) >= 11 is 0. The van der Waals surface area contributed by atoms with Crippen molar-refractivity contribution in [3.63, 3.8) is 0 Å². The molecule has 328 valence electrons. The maximum atomic E-state index is 14.5. The number of nitrogens with zero attached hydrogens (tertiary/aromatic N) is 8. The number of halogens is 3. The van der Waals surface area contributed by atoms with Gasteiger partial charge in [-0.3, -0.25) is 23.5 Å². The number of rotatable bonds is 12. The standard InChI is InChI=1S/C47H50F3N9O4/c1-54(45(61)35-8-6-33(7-9-35)34-12-18-57(19-13-34)37-10-11-40-36(25-37)26-51-44(40)60)20-21-63-39-14-16-56(17-15-39)27-32-23-41(47(48,49)50)42-29-58(46(62)59(42)28-32)38-5-3-4-31(22-38)24-43-53-52-30-55(43)2/h3-11,22-23,25,28-30,34,39H,12-21,24,26-27H2,1-2H3,(H,51,60). The lowest BCUT2D eigenvalue weighted by Gasteiger charge is -2.34. The summed E-state index contributed by atoms with van der Waals surface area (Å²) in [6.45, 7) is 4.72. The monoisotopic (exact) mass is 861 g/mol. The number of aryl methyl sites for hydroxylation is 1. The summed E-state index contributed by atoms with van der Waals surface area (Å²) in [6.07, 6.45) is 3.51. The lowest BCUT2D eigenvalue weighted by Crippen LogP contribution is -2.38. The highest BCUT2D eigenvalue weighted by atomic mass is 19.4. The fourth-order valence-corrected chi connectivity index (χ4v) is 9.16. The summed E-state index contributed by atoms with van der Waals surface area (Å²) in [7, 11) is 3.60. The minimum atomic E-state index is -4.67. The molecule has 6 heterocycles. The number of piperidine rings is 2. The topological polar surface area (TPSA) is 122 Å². The van der Waals surface area contributed by atoms with E-state index in [-0.39, 0.29) is 30.0 Å². The number of anilines is 1. The van der Waals surface area contributed by atoms with Gasteiger partial charge in [-0.15, -0.1) is 10.2 Å². The summed E-state index contributed by atoms with van der Waals surface area (Å²) in [5, 5.41) is 10.9. The normalized spacial score (nSPS) is 16.5. The molecule has 3 aromatic heterocycles. The first-order valence-corrected chi connectivity index (χ1v) is 21.5. The number of hydrogen-bond donors (Lipinski definition) is 1. The average Bonchev–Trinajstić information content (AvgIpc) is 3.98. The van der Waals surface area contributed by atoms with E-state index in [1.807, 2.05) is 37.4 Å². The van der Waals surface area contributed by atoms with Crippen LogP contribution in [0.2, 0.25) is 0 Å². The van der Waals surface area contributed by atoms with Gasteiger partial charge in [-0.05, 0) is 102 Å². The molecule has 63 heavy (non-hydrogen) atoms. The maximum absolute atomic E-state index is 14.5. The Kier molecular flexibility index (Phi) is 11.7. The molecule has 6 aromatic rings. The predicted molar refractivity (Wildman–Crippen MR) is 231 cm³/mol. The summed E-state index contributed by atoms with van der Waals surface area (Å²) in [6, 6.07) is 22.3. The van der Waals surface area contributed by atoms with Crippen LogP contribution in [0.3, 0.4) is 0 Å². The largest absolute Gasteiger partial charge is 0.418 e. The summed E-state index contributed by atoms with van der Waals surface area (Å²) in [4.78, 5) is 45.0. The first kappa shape index (κ1) is 42.1. The third-order valence-corrected chi connectivity index (χ3v) is 12.8.